The monoisotopic (exact) mass is 214 g/mol. The lowest BCUT2D eigenvalue weighted by atomic mass is 10.3. The van der Waals surface area contributed by atoms with Crippen molar-refractivity contribution in [2.75, 3.05) is 0 Å². The number of hydrogen-bond acceptors (Lipinski definition) is 3. The van der Waals surface area contributed by atoms with Crippen LogP contribution in [0.25, 0.3) is 5.95 Å². The molecule has 78 valence electrons. The normalized spacial score (nSPS) is 11.7. The zero-order valence-electron chi connectivity index (χ0n) is 7.31. The fourth-order valence-corrected chi connectivity index (χ4v) is 0.973. The second-order valence-electron chi connectivity index (χ2n) is 2.72. The predicted molar refractivity (Wildman–Crippen MR) is 44.2 cm³/mol. The molecule has 0 spiro atoms. The molecule has 15 heavy (non-hydrogen) atoms. The second-order valence-corrected chi connectivity index (χ2v) is 2.72. The van der Waals surface area contributed by atoms with E-state index in [1.54, 1.807) is 12.3 Å². The number of aromatic nitrogens is 4. The van der Waals surface area contributed by atoms with Crippen LogP contribution in [0, 0.1) is 0 Å². The first kappa shape index (κ1) is 9.63. The van der Waals surface area contributed by atoms with Gasteiger partial charge in [-0.1, -0.05) is 0 Å². The molecule has 4 nitrogen and oxygen atoms in total. The molecule has 0 saturated heterocycles. The van der Waals surface area contributed by atoms with Crippen molar-refractivity contribution in [1.82, 2.24) is 19.7 Å². The van der Waals surface area contributed by atoms with Gasteiger partial charge in [0, 0.05) is 24.8 Å². The molecular weight excluding hydrogens is 209 g/mol. The van der Waals surface area contributed by atoms with Gasteiger partial charge in [-0.2, -0.15) is 18.3 Å². The van der Waals surface area contributed by atoms with Crippen LogP contribution in [0.15, 0.2) is 30.9 Å². The van der Waals surface area contributed by atoms with E-state index in [4.69, 9.17) is 0 Å². The summed E-state index contributed by atoms with van der Waals surface area (Å²) in [5.74, 6) is 0.105. The van der Waals surface area contributed by atoms with Crippen LogP contribution in [-0.2, 0) is 6.18 Å². The third-order valence-electron chi connectivity index (χ3n) is 1.67. The highest BCUT2D eigenvalue weighted by atomic mass is 19.4. The minimum Gasteiger partial charge on any atom is -0.219 e. The summed E-state index contributed by atoms with van der Waals surface area (Å²) in [4.78, 5) is 7.11. The van der Waals surface area contributed by atoms with Crippen molar-refractivity contribution in [2.45, 2.75) is 6.18 Å². The highest BCUT2D eigenvalue weighted by molar-refractivity contribution is 5.15. The molecule has 2 aromatic rings. The molecule has 0 aliphatic carbocycles. The van der Waals surface area contributed by atoms with Gasteiger partial charge < -0.3 is 0 Å². The number of alkyl halides is 3. The molecule has 7 heteroatoms. The first-order valence-corrected chi connectivity index (χ1v) is 3.96. The van der Waals surface area contributed by atoms with Gasteiger partial charge in [-0.25, -0.2) is 14.6 Å². The molecule has 0 atom stereocenters. The summed E-state index contributed by atoms with van der Waals surface area (Å²) in [5, 5.41) is 3.79. The average Bonchev–Trinajstić information content (AvgIpc) is 2.69. The molecule has 0 unspecified atom stereocenters. The maximum Gasteiger partial charge on any atom is 0.419 e. The highest BCUT2D eigenvalue weighted by Crippen LogP contribution is 2.27. The molecule has 0 saturated carbocycles. The van der Waals surface area contributed by atoms with E-state index >= 15 is 0 Å². The van der Waals surface area contributed by atoms with Crippen LogP contribution in [0.5, 0.6) is 0 Å². The maximum absolute atomic E-state index is 12.2. The van der Waals surface area contributed by atoms with Crippen molar-refractivity contribution in [1.29, 1.82) is 0 Å². The molecule has 0 aromatic carbocycles. The van der Waals surface area contributed by atoms with E-state index in [9.17, 15) is 13.2 Å². The number of nitrogens with zero attached hydrogens (tertiary/aromatic N) is 4. The molecule has 0 N–H and O–H groups in total. The Labute approximate surface area is 82.4 Å². The molecule has 2 rings (SSSR count). The van der Waals surface area contributed by atoms with Crippen molar-refractivity contribution >= 4 is 0 Å². The zero-order chi connectivity index (χ0) is 10.9. The molecule has 0 amide bonds. The number of halogens is 3. The standard InChI is InChI=1S/C8H5F3N4/c9-8(10,11)6-4-12-7(13-5-6)15-3-1-2-14-15/h1-5H. The van der Waals surface area contributed by atoms with Gasteiger partial charge in [0.15, 0.2) is 0 Å². The Bertz CT molecular complexity index is 432. The molecule has 0 aliphatic rings. The summed E-state index contributed by atoms with van der Waals surface area (Å²) in [6.07, 6.45) is 0.0697. The lowest BCUT2D eigenvalue weighted by Crippen LogP contribution is -2.08. The van der Waals surface area contributed by atoms with E-state index in [1.807, 2.05) is 0 Å². The Morgan fingerprint density at radius 3 is 2.27 bits per heavy atom. The molecule has 0 aliphatic heterocycles. The maximum atomic E-state index is 12.2. The Morgan fingerprint density at radius 1 is 1.13 bits per heavy atom. The minimum atomic E-state index is -4.41. The number of hydrogen-bond donors (Lipinski definition) is 0. The van der Waals surface area contributed by atoms with Gasteiger partial charge in [-0.15, -0.1) is 0 Å². The van der Waals surface area contributed by atoms with Gasteiger partial charge in [0.2, 0.25) is 5.95 Å². The third-order valence-corrected chi connectivity index (χ3v) is 1.67. The molecular formula is C8H5F3N4. The lowest BCUT2D eigenvalue weighted by molar-refractivity contribution is -0.138. The summed E-state index contributed by atoms with van der Waals surface area (Å²) in [6, 6.07) is 1.63. The van der Waals surface area contributed by atoms with Gasteiger partial charge >= 0.3 is 6.18 Å². The van der Waals surface area contributed by atoms with Crippen LogP contribution in [0.1, 0.15) is 5.56 Å². The molecule has 0 bridgehead atoms. The smallest absolute Gasteiger partial charge is 0.219 e. The van der Waals surface area contributed by atoms with E-state index in [2.05, 4.69) is 15.1 Å². The van der Waals surface area contributed by atoms with Gasteiger partial charge in [0.1, 0.15) is 0 Å². The van der Waals surface area contributed by atoms with E-state index in [1.165, 1.54) is 10.9 Å². The van der Waals surface area contributed by atoms with Crippen molar-refractivity contribution < 1.29 is 13.2 Å². The molecule has 0 fully saturated rings. The summed E-state index contributed by atoms with van der Waals surface area (Å²) < 4.78 is 37.8. The summed E-state index contributed by atoms with van der Waals surface area (Å²) in [5.41, 5.74) is -0.876. The van der Waals surface area contributed by atoms with Crippen molar-refractivity contribution in [3.8, 4) is 5.95 Å². The topological polar surface area (TPSA) is 43.6 Å². The third kappa shape index (κ3) is 1.95. The van der Waals surface area contributed by atoms with Crippen LogP contribution in [0.3, 0.4) is 0 Å². The second kappa shape index (κ2) is 3.34. The number of rotatable bonds is 1. The van der Waals surface area contributed by atoms with Crippen LogP contribution < -0.4 is 0 Å². The molecule has 0 radical (unpaired) electrons. The Balaban J connectivity index is 2.33. The predicted octanol–water partition coefficient (Wildman–Crippen LogP) is 1.68. The first-order chi connectivity index (χ1) is 7.07. The van der Waals surface area contributed by atoms with E-state index in [-0.39, 0.29) is 5.95 Å². The molecule has 2 heterocycles. The Hall–Kier alpha value is -1.92. The van der Waals surface area contributed by atoms with Gasteiger partial charge in [0.05, 0.1) is 5.56 Å². The van der Waals surface area contributed by atoms with Crippen molar-refractivity contribution in [3.05, 3.63) is 36.4 Å². The van der Waals surface area contributed by atoms with Crippen LogP contribution in [0.4, 0.5) is 13.2 Å². The largest absolute Gasteiger partial charge is 0.419 e. The molecule has 2 aromatic heterocycles. The van der Waals surface area contributed by atoms with Gasteiger partial charge in [-0.05, 0) is 6.07 Å². The highest BCUT2D eigenvalue weighted by Gasteiger charge is 2.31. The van der Waals surface area contributed by atoms with Crippen LogP contribution in [0.2, 0.25) is 0 Å². The van der Waals surface area contributed by atoms with Crippen molar-refractivity contribution in [2.24, 2.45) is 0 Å². The van der Waals surface area contributed by atoms with E-state index in [0.29, 0.717) is 0 Å². The summed E-state index contributed by atoms with van der Waals surface area (Å²) in [7, 11) is 0. The van der Waals surface area contributed by atoms with Gasteiger partial charge in [-0.3, -0.25) is 0 Å². The Kier molecular flexibility index (Phi) is 2.14. The lowest BCUT2D eigenvalue weighted by Gasteiger charge is -2.05. The minimum absolute atomic E-state index is 0.105. The summed E-state index contributed by atoms with van der Waals surface area (Å²) in [6.45, 7) is 0. The van der Waals surface area contributed by atoms with Crippen molar-refractivity contribution in [3.63, 3.8) is 0 Å². The average molecular weight is 214 g/mol. The van der Waals surface area contributed by atoms with Crippen LogP contribution >= 0.6 is 0 Å². The fraction of sp³-hybridized carbons (Fsp3) is 0.125. The summed E-state index contributed by atoms with van der Waals surface area (Å²) >= 11 is 0. The first-order valence-electron chi connectivity index (χ1n) is 3.96. The Morgan fingerprint density at radius 2 is 1.80 bits per heavy atom. The quantitative estimate of drug-likeness (QED) is 0.725. The van der Waals surface area contributed by atoms with Crippen LogP contribution in [-0.4, -0.2) is 19.7 Å². The SMILES string of the molecule is FC(F)(F)c1cnc(-n2cccn2)nc1. The fourth-order valence-electron chi connectivity index (χ4n) is 0.973. The van der Waals surface area contributed by atoms with E-state index < -0.39 is 11.7 Å². The van der Waals surface area contributed by atoms with E-state index in [0.717, 1.165) is 12.4 Å². The van der Waals surface area contributed by atoms with Gasteiger partial charge in [0.25, 0.3) is 0 Å². The zero-order valence-corrected chi connectivity index (χ0v) is 7.31.